The Morgan fingerprint density at radius 2 is 1.96 bits per heavy atom. The minimum atomic E-state index is -4.43. The summed E-state index contributed by atoms with van der Waals surface area (Å²) in [7, 11) is 0. The molecule has 5 nitrogen and oxygen atoms in total. The highest BCUT2D eigenvalue weighted by atomic mass is 35.5. The minimum absolute atomic E-state index is 0.0985. The maximum Gasteiger partial charge on any atom is 0.425 e. The first-order valence-electron chi connectivity index (χ1n) is 7.57. The minimum Gasteiger partial charge on any atom is -0.454 e. The van der Waals surface area contributed by atoms with Crippen LogP contribution in [0.2, 0.25) is 5.28 Å². The van der Waals surface area contributed by atoms with Gasteiger partial charge in [-0.25, -0.2) is 9.97 Å². The highest BCUT2D eigenvalue weighted by molar-refractivity contribution is 7.18. The number of benzene rings is 1. The van der Waals surface area contributed by atoms with E-state index in [4.69, 9.17) is 21.1 Å². The molecule has 0 spiro atoms. The summed E-state index contributed by atoms with van der Waals surface area (Å²) in [6, 6.07) is 6.65. The standard InChI is InChI=1S/C16H11ClF3N3O2S/c17-15-22-13(9-6-12(16(18,19)20)26-14(9)23-15)21-4-3-8-1-2-10-11(5-8)25-7-24-10/h1-2,5-6H,3-4,7H2,(H,21,22,23). The number of fused-ring (bicyclic) bond motifs is 2. The Morgan fingerprint density at radius 1 is 1.15 bits per heavy atom. The van der Waals surface area contributed by atoms with Gasteiger partial charge in [-0.2, -0.15) is 13.2 Å². The van der Waals surface area contributed by atoms with Crippen LogP contribution in [0.3, 0.4) is 0 Å². The zero-order chi connectivity index (χ0) is 18.3. The molecular formula is C16H11ClF3N3O2S. The summed E-state index contributed by atoms with van der Waals surface area (Å²) in [4.78, 5) is 7.37. The predicted octanol–water partition coefficient (Wildman–Crippen LogP) is 4.75. The number of nitrogens with zero attached hydrogens (tertiary/aromatic N) is 2. The third-order valence-corrected chi connectivity index (χ3v) is 5.03. The molecule has 0 amide bonds. The van der Waals surface area contributed by atoms with Gasteiger partial charge in [0.2, 0.25) is 12.1 Å². The number of anilines is 1. The maximum absolute atomic E-state index is 12.9. The van der Waals surface area contributed by atoms with Gasteiger partial charge in [0.25, 0.3) is 0 Å². The third-order valence-electron chi connectivity index (χ3n) is 3.79. The van der Waals surface area contributed by atoms with Crippen LogP contribution < -0.4 is 14.8 Å². The highest BCUT2D eigenvalue weighted by Crippen LogP contribution is 2.39. The molecule has 136 valence electrons. The summed E-state index contributed by atoms with van der Waals surface area (Å²) in [5.41, 5.74) is 0.999. The highest BCUT2D eigenvalue weighted by Gasteiger charge is 2.33. The van der Waals surface area contributed by atoms with E-state index in [1.165, 1.54) is 0 Å². The van der Waals surface area contributed by atoms with E-state index in [2.05, 4.69) is 15.3 Å². The van der Waals surface area contributed by atoms with E-state index in [0.29, 0.717) is 41.2 Å². The number of ether oxygens (including phenoxy) is 2. The van der Waals surface area contributed by atoms with Crippen LogP contribution in [0.1, 0.15) is 10.4 Å². The quantitative estimate of drug-likeness (QED) is 0.639. The lowest BCUT2D eigenvalue weighted by Crippen LogP contribution is -2.07. The van der Waals surface area contributed by atoms with E-state index in [0.717, 1.165) is 11.6 Å². The van der Waals surface area contributed by atoms with Crippen LogP contribution in [0.5, 0.6) is 11.5 Å². The Hall–Kier alpha value is -2.26. The average Bonchev–Trinajstić information content (AvgIpc) is 3.20. The molecule has 0 saturated heterocycles. The lowest BCUT2D eigenvalue weighted by molar-refractivity contribution is -0.134. The zero-order valence-corrected chi connectivity index (χ0v) is 14.6. The predicted molar refractivity (Wildman–Crippen MR) is 92.2 cm³/mol. The van der Waals surface area contributed by atoms with Crippen molar-refractivity contribution in [3.63, 3.8) is 0 Å². The Morgan fingerprint density at radius 3 is 2.77 bits per heavy atom. The van der Waals surface area contributed by atoms with Crippen LogP contribution in [0, 0.1) is 0 Å². The number of halogens is 4. The summed E-state index contributed by atoms with van der Waals surface area (Å²) >= 11 is 6.38. The summed E-state index contributed by atoms with van der Waals surface area (Å²) in [6.07, 6.45) is -3.81. The number of hydrogen-bond acceptors (Lipinski definition) is 6. The van der Waals surface area contributed by atoms with Gasteiger partial charge in [-0.05, 0) is 41.8 Å². The molecule has 0 aliphatic carbocycles. The lowest BCUT2D eigenvalue weighted by atomic mass is 10.1. The van der Waals surface area contributed by atoms with E-state index in [1.807, 2.05) is 18.2 Å². The van der Waals surface area contributed by atoms with Gasteiger partial charge in [0.05, 0.1) is 5.39 Å². The van der Waals surface area contributed by atoms with Gasteiger partial charge >= 0.3 is 6.18 Å². The van der Waals surface area contributed by atoms with Gasteiger partial charge in [0, 0.05) is 6.54 Å². The molecule has 0 fully saturated rings. The molecular weight excluding hydrogens is 391 g/mol. The molecule has 0 saturated carbocycles. The molecule has 0 atom stereocenters. The number of rotatable bonds is 4. The molecule has 0 unspecified atom stereocenters. The first kappa shape index (κ1) is 17.2. The second-order valence-electron chi connectivity index (χ2n) is 5.53. The molecule has 3 heterocycles. The van der Waals surface area contributed by atoms with Gasteiger partial charge in [-0.3, -0.25) is 0 Å². The smallest absolute Gasteiger partial charge is 0.425 e. The largest absolute Gasteiger partial charge is 0.454 e. The van der Waals surface area contributed by atoms with Crippen LogP contribution in [0.25, 0.3) is 10.2 Å². The SMILES string of the molecule is FC(F)(F)c1cc2c(NCCc3ccc4c(c3)OCO4)nc(Cl)nc2s1. The molecule has 1 aromatic carbocycles. The Kier molecular flexibility index (Phi) is 4.28. The maximum atomic E-state index is 12.9. The number of hydrogen-bond donors (Lipinski definition) is 1. The van der Waals surface area contributed by atoms with Crippen molar-refractivity contribution >= 4 is 39.0 Å². The fourth-order valence-corrected chi connectivity index (χ4v) is 3.71. The van der Waals surface area contributed by atoms with Crippen LogP contribution >= 0.6 is 22.9 Å². The Labute approximate surface area is 154 Å². The molecule has 0 bridgehead atoms. The number of thiophene rings is 1. The monoisotopic (exact) mass is 401 g/mol. The summed E-state index contributed by atoms with van der Waals surface area (Å²) < 4.78 is 49.4. The molecule has 3 aromatic rings. The van der Waals surface area contributed by atoms with Crippen molar-refractivity contribution in [2.24, 2.45) is 0 Å². The molecule has 1 N–H and O–H groups in total. The summed E-state index contributed by atoms with van der Waals surface area (Å²) in [5.74, 6) is 1.67. The van der Waals surface area contributed by atoms with Crippen LogP contribution in [-0.4, -0.2) is 23.3 Å². The molecule has 26 heavy (non-hydrogen) atoms. The van der Waals surface area contributed by atoms with Gasteiger partial charge in [0.15, 0.2) is 11.5 Å². The average molecular weight is 402 g/mol. The van der Waals surface area contributed by atoms with Crippen molar-refractivity contribution in [2.75, 3.05) is 18.7 Å². The van der Waals surface area contributed by atoms with E-state index >= 15 is 0 Å². The van der Waals surface area contributed by atoms with E-state index in [1.54, 1.807) is 0 Å². The first-order valence-corrected chi connectivity index (χ1v) is 8.76. The Bertz CT molecular complexity index is 977. The van der Waals surface area contributed by atoms with Gasteiger partial charge in [0.1, 0.15) is 15.5 Å². The van der Waals surface area contributed by atoms with Crippen LogP contribution in [0.4, 0.5) is 19.0 Å². The molecule has 0 radical (unpaired) electrons. The lowest BCUT2D eigenvalue weighted by Gasteiger charge is -2.08. The van der Waals surface area contributed by atoms with Crippen molar-refractivity contribution in [1.29, 1.82) is 0 Å². The fourth-order valence-electron chi connectivity index (χ4n) is 2.59. The number of alkyl halides is 3. The van der Waals surface area contributed by atoms with E-state index < -0.39 is 11.1 Å². The fraction of sp³-hybridized carbons (Fsp3) is 0.250. The molecule has 10 heteroatoms. The molecule has 2 aromatic heterocycles. The number of aromatic nitrogens is 2. The van der Waals surface area contributed by atoms with E-state index in [9.17, 15) is 13.2 Å². The van der Waals surface area contributed by atoms with Crippen molar-refractivity contribution in [3.8, 4) is 11.5 Å². The van der Waals surface area contributed by atoms with Crippen molar-refractivity contribution in [3.05, 3.63) is 40.0 Å². The topological polar surface area (TPSA) is 56.3 Å². The van der Waals surface area contributed by atoms with Crippen molar-refractivity contribution in [1.82, 2.24) is 9.97 Å². The Balaban J connectivity index is 1.52. The summed E-state index contributed by atoms with van der Waals surface area (Å²) in [5, 5.41) is 3.25. The number of nitrogens with one attached hydrogen (secondary N) is 1. The van der Waals surface area contributed by atoms with Gasteiger partial charge in [-0.1, -0.05) is 6.07 Å². The molecule has 1 aliphatic heterocycles. The van der Waals surface area contributed by atoms with Crippen molar-refractivity contribution < 1.29 is 22.6 Å². The summed E-state index contributed by atoms with van der Waals surface area (Å²) in [6.45, 7) is 0.660. The molecule has 1 aliphatic rings. The van der Waals surface area contributed by atoms with Crippen LogP contribution in [-0.2, 0) is 12.6 Å². The molecule has 4 rings (SSSR count). The second-order valence-corrected chi connectivity index (χ2v) is 6.90. The first-order chi connectivity index (χ1) is 12.4. The van der Waals surface area contributed by atoms with Gasteiger partial charge in [-0.15, -0.1) is 11.3 Å². The van der Waals surface area contributed by atoms with Gasteiger partial charge < -0.3 is 14.8 Å². The van der Waals surface area contributed by atoms with Crippen molar-refractivity contribution in [2.45, 2.75) is 12.6 Å². The normalized spacial score (nSPS) is 13.4. The third kappa shape index (κ3) is 3.36. The van der Waals surface area contributed by atoms with E-state index in [-0.39, 0.29) is 22.7 Å². The zero-order valence-electron chi connectivity index (χ0n) is 13.1. The second kappa shape index (κ2) is 6.48. The van der Waals surface area contributed by atoms with Crippen LogP contribution in [0.15, 0.2) is 24.3 Å².